The molecule has 1 aromatic carbocycles. The summed E-state index contributed by atoms with van der Waals surface area (Å²) in [5.74, 6) is 0. The van der Waals surface area contributed by atoms with Gasteiger partial charge in [0, 0.05) is 18.5 Å². The van der Waals surface area contributed by atoms with Crippen molar-refractivity contribution < 1.29 is 5.11 Å². The maximum atomic E-state index is 10.1. The van der Waals surface area contributed by atoms with E-state index < -0.39 is 0 Å². The number of rotatable bonds is 2. The molecule has 1 aliphatic carbocycles. The number of aliphatic hydroxyl groups is 1. The summed E-state index contributed by atoms with van der Waals surface area (Å²) < 4.78 is 0. The van der Waals surface area contributed by atoms with Crippen LogP contribution in [-0.4, -0.2) is 29.2 Å². The SMILES string of the molecule is O[C@H]1CCC[C@]12CCN(Cc1ccccc1)C2. The molecule has 2 nitrogen and oxygen atoms in total. The Labute approximate surface area is 103 Å². The summed E-state index contributed by atoms with van der Waals surface area (Å²) in [5, 5.41) is 10.1. The van der Waals surface area contributed by atoms with E-state index in [4.69, 9.17) is 0 Å². The predicted molar refractivity (Wildman–Crippen MR) is 68.6 cm³/mol. The van der Waals surface area contributed by atoms with Gasteiger partial charge in [-0.25, -0.2) is 0 Å². The normalized spacial score (nSPS) is 33.6. The monoisotopic (exact) mass is 231 g/mol. The van der Waals surface area contributed by atoms with Gasteiger partial charge >= 0.3 is 0 Å². The summed E-state index contributed by atoms with van der Waals surface area (Å²) >= 11 is 0. The highest BCUT2D eigenvalue weighted by atomic mass is 16.3. The van der Waals surface area contributed by atoms with Gasteiger partial charge in [-0.2, -0.15) is 0 Å². The Kier molecular flexibility index (Phi) is 2.93. The average Bonchev–Trinajstić information content (AvgIpc) is 2.90. The van der Waals surface area contributed by atoms with Crippen LogP contribution in [-0.2, 0) is 6.54 Å². The van der Waals surface area contributed by atoms with Crippen LogP contribution in [0.15, 0.2) is 30.3 Å². The molecule has 1 saturated carbocycles. The Hall–Kier alpha value is -0.860. The molecule has 2 atom stereocenters. The smallest absolute Gasteiger partial charge is 0.0609 e. The molecule has 1 saturated heterocycles. The van der Waals surface area contributed by atoms with Gasteiger partial charge in [-0.3, -0.25) is 4.90 Å². The van der Waals surface area contributed by atoms with E-state index in [0.717, 1.165) is 26.1 Å². The summed E-state index contributed by atoms with van der Waals surface area (Å²) in [4.78, 5) is 2.50. The fourth-order valence-electron chi connectivity index (χ4n) is 3.56. The third-order valence-electron chi connectivity index (χ3n) is 4.57. The van der Waals surface area contributed by atoms with Crippen molar-refractivity contribution in [2.45, 2.75) is 38.3 Å². The molecule has 3 rings (SSSR count). The Morgan fingerprint density at radius 3 is 2.76 bits per heavy atom. The van der Waals surface area contributed by atoms with Crippen LogP contribution in [0, 0.1) is 5.41 Å². The third-order valence-corrected chi connectivity index (χ3v) is 4.57. The van der Waals surface area contributed by atoms with Gasteiger partial charge in [0.1, 0.15) is 0 Å². The minimum absolute atomic E-state index is 0.0525. The largest absolute Gasteiger partial charge is 0.392 e. The minimum Gasteiger partial charge on any atom is -0.392 e. The molecule has 1 spiro atoms. The molecule has 2 aliphatic rings. The van der Waals surface area contributed by atoms with E-state index in [1.807, 2.05) is 0 Å². The van der Waals surface area contributed by atoms with E-state index in [1.54, 1.807) is 0 Å². The van der Waals surface area contributed by atoms with Crippen molar-refractivity contribution >= 4 is 0 Å². The zero-order valence-corrected chi connectivity index (χ0v) is 10.3. The van der Waals surface area contributed by atoms with Crippen molar-refractivity contribution in [3.8, 4) is 0 Å². The third kappa shape index (κ3) is 2.12. The standard InChI is InChI=1S/C15H21NO/c17-14-7-4-8-15(14)9-10-16(12-15)11-13-5-2-1-3-6-13/h1-3,5-6,14,17H,4,7-12H2/t14-,15+/m0/s1. The number of benzene rings is 1. The maximum Gasteiger partial charge on any atom is 0.0609 e. The number of likely N-dealkylation sites (tertiary alicyclic amines) is 1. The molecule has 1 aromatic rings. The first-order chi connectivity index (χ1) is 8.28. The Morgan fingerprint density at radius 1 is 1.24 bits per heavy atom. The lowest BCUT2D eigenvalue weighted by Crippen LogP contribution is -2.33. The summed E-state index contributed by atoms with van der Waals surface area (Å²) in [6.45, 7) is 3.27. The zero-order chi connectivity index (χ0) is 11.7. The molecule has 0 radical (unpaired) electrons. The van der Waals surface area contributed by atoms with Crippen LogP contribution in [0.4, 0.5) is 0 Å². The molecule has 2 heteroatoms. The Morgan fingerprint density at radius 2 is 2.06 bits per heavy atom. The summed E-state index contributed by atoms with van der Waals surface area (Å²) in [6, 6.07) is 10.7. The van der Waals surface area contributed by atoms with Gasteiger partial charge in [0.2, 0.25) is 0 Å². The van der Waals surface area contributed by atoms with Gasteiger partial charge in [-0.1, -0.05) is 36.8 Å². The van der Waals surface area contributed by atoms with Crippen molar-refractivity contribution in [2.24, 2.45) is 5.41 Å². The minimum atomic E-state index is -0.0525. The van der Waals surface area contributed by atoms with Crippen molar-refractivity contribution in [3.63, 3.8) is 0 Å². The van der Waals surface area contributed by atoms with E-state index in [0.29, 0.717) is 0 Å². The Bertz CT molecular complexity index is 378. The van der Waals surface area contributed by atoms with Crippen LogP contribution < -0.4 is 0 Å². The first kappa shape index (κ1) is 11.2. The van der Waals surface area contributed by atoms with Gasteiger partial charge in [-0.05, 0) is 31.4 Å². The highest BCUT2D eigenvalue weighted by Gasteiger charge is 2.46. The maximum absolute atomic E-state index is 10.1. The number of hydrogen-bond donors (Lipinski definition) is 1. The number of nitrogens with zero attached hydrogens (tertiary/aromatic N) is 1. The summed E-state index contributed by atoms with van der Waals surface area (Å²) in [5.41, 5.74) is 1.62. The van der Waals surface area contributed by atoms with Crippen LogP contribution in [0.25, 0.3) is 0 Å². The lowest BCUT2D eigenvalue weighted by Gasteiger charge is -2.27. The molecular formula is C15H21NO. The number of hydrogen-bond acceptors (Lipinski definition) is 2. The average molecular weight is 231 g/mol. The molecule has 1 heterocycles. The van der Waals surface area contributed by atoms with Gasteiger partial charge in [-0.15, -0.1) is 0 Å². The van der Waals surface area contributed by atoms with Gasteiger partial charge in [0.25, 0.3) is 0 Å². The second-order valence-electron chi connectivity index (χ2n) is 5.72. The zero-order valence-electron chi connectivity index (χ0n) is 10.3. The number of aliphatic hydroxyl groups excluding tert-OH is 1. The lowest BCUT2D eigenvalue weighted by molar-refractivity contribution is 0.0578. The van der Waals surface area contributed by atoms with Crippen molar-refractivity contribution in [2.75, 3.05) is 13.1 Å². The lowest BCUT2D eigenvalue weighted by atomic mass is 9.83. The van der Waals surface area contributed by atoms with E-state index in [9.17, 15) is 5.11 Å². The van der Waals surface area contributed by atoms with E-state index >= 15 is 0 Å². The summed E-state index contributed by atoms with van der Waals surface area (Å²) in [6.07, 6.45) is 4.57. The van der Waals surface area contributed by atoms with Gasteiger partial charge in [0.05, 0.1) is 6.10 Å². The predicted octanol–water partition coefficient (Wildman–Crippen LogP) is 2.42. The molecule has 0 amide bonds. The first-order valence-corrected chi connectivity index (χ1v) is 6.73. The van der Waals surface area contributed by atoms with Crippen LogP contribution in [0.5, 0.6) is 0 Å². The molecular weight excluding hydrogens is 210 g/mol. The highest BCUT2D eigenvalue weighted by Crippen LogP contribution is 2.45. The van der Waals surface area contributed by atoms with E-state index in [1.165, 1.54) is 24.8 Å². The quantitative estimate of drug-likeness (QED) is 0.845. The molecule has 2 fully saturated rings. The fourth-order valence-corrected chi connectivity index (χ4v) is 3.56. The fraction of sp³-hybridized carbons (Fsp3) is 0.600. The first-order valence-electron chi connectivity index (χ1n) is 6.73. The van der Waals surface area contributed by atoms with Crippen molar-refractivity contribution in [1.82, 2.24) is 4.90 Å². The van der Waals surface area contributed by atoms with Crippen LogP contribution in [0.3, 0.4) is 0 Å². The van der Waals surface area contributed by atoms with Gasteiger partial charge < -0.3 is 5.11 Å². The van der Waals surface area contributed by atoms with Crippen LogP contribution in [0.2, 0.25) is 0 Å². The Balaban J connectivity index is 1.65. The molecule has 0 unspecified atom stereocenters. The molecule has 1 aliphatic heterocycles. The van der Waals surface area contributed by atoms with Gasteiger partial charge in [0.15, 0.2) is 0 Å². The highest BCUT2D eigenvalue weighted by molar-refractivity contribution is 5.15. The second kappa shape index (κ2) is 4.43. The van der Waals surface area contributed by atoms with E-state index in [2.05, 4.69) is 35.2 Å². The van der Waals surface area contributed by atoms with Crippen molar-refractivity contribution in [3.05, 3.63) is 35.9 Å². The molecule has 1 N–H and O–H groups in total. The second-order valence-corrected chi connectivity index (χ2v) is 5.72. The summed E-state index contributed by atoms with van der Waals surface area (Å²) in [7, 11) is 0. The molecule has 92 valence electrons. The molecule has 0 aromatic heterocycles. The van der Waals surface area contributed by atoms with Crippen LogP contribution in [0.1, 0.15) is 31.2 Å². The molecule has 0 bridgehead atoms. The van der Waals surface area contributed by atoms with Crippen LogP contribution >= 0.6 is 0 Å². The van der Waals surface area contributed by atoms with E-state index in [-0.39, 0.29) is 11.5 Å². The van der Waals surface area contributed by atoms with Crippen molar-refractivity contribution in [1.29, 1.82) is 0 Å². The molecule has 17 heavy (non-hydrogen) atoms. The topological polar surface area (TPSA) is 23.5 Å².